The topological polar surface area (TPSA) is 98.8 Å². The molecule has 0 fully saturated rings. The van der Waals surface area contributed by atoms with Gasteiger partial charge in [0.15, 0.2) is 0 Å². The van der Waals surface area contributed by atoms with Gasteiger partial charge in [-0.1, -0.05) is 17.7 Å². The second-order valence-corrected chi connectivity index (χ2v) is 7.35. The van der Waals surface area contributed by atoms with E-state index in [2.05, 4.69) is 14.2 Å². The van der Waals surface area contributed by atoms with Gasteiger partial charge in [-0.15, -0.1) is 0 Å². The third-order valence-electron chi connectivity index (χ3n) is 3.55. The molecule has 0 aliphatic rings. The van der Waals surface area contributed by atoms with Crippen LogP contribution in [0.15, 0.2) is 41.3 Å². The molecule has 0 heterocycles. The smallest absolute Gasteiger partial charge is 0.339 e. The van der Waals surface area contributed by atoms with E-state index >= 15 is 0 Å². The highest BCUT2D eigenvalue weighted by molar-refractivity contribution is 7.92. The van der Waals surface area contributed by atoms with Gasteiger partial charge in [0.25, 0.3) is 10.0 Å². The largest absolute Gasteiger partial charge is 0.465 e. The molecule has 0 unspecified atom stereocenters. The number of aryl methyl sites for hydroxylation is 1. The molecule has 2 rings (SSSR count). The minimum Gasteiger partial charge on any atom is -0.465 e. The van der Waals surface area contributed by atoms with E-state index in [1.54, 1.807) is 6.92 Å². The van der Waals surface area contributed by atoms with Crippen LogP contribution in [0.25, 0.3) is 0 Å². The van der Waals surface area contributed by atoms with Gasteiger partial charge in [-0.05, 0) is 42.8 Å². The van der Waals surface area contributed by atoms with Crippen LogP contribution in [0.4, 0.5) is 5.69 Å². The van der Waals surface area contributed by atoms with Gasteiger partial charge in [-0.25, -0.2) is 18.0 Å². The van der Waals surface area contributed by atoms with Gasteiger partial charge in [0, 0.05) is 5.69 Å². The van der Waals surface area contributed by atoms with E-state index in [1.807, 2.05) is 0 Å². The number of rotatable bonds is 5. The van der Waals surface area contributed by atoms with Crippen molar-refractivity contribution in [2.75, 3.05) is 18.9 Å². The Morgan fingerprint density at radius 3 is 2.19 bits per heavy atom. The number of methoxy groups -OCH3 is 2. The molecule has 7 nitrogen and oxygen atoms in total. The molecule has 0 bridgehead atoms. The highest BCUT2D eigenvalue weighted by Crippen LogP contribution is 2.24. The van der Waals surface area contributed by atoms with Crippen molar-refractivity contribution in [3.63, 3.8) is 0 Å². The zero-order chi connectivity index (χ0) is 19.5. The van der Waals surface area contributed by atoms with Crippen molar-refractivity contribution in [3.8, 4) is 0 Å². The number of carbonyl (C=O) groups is 2. The van der Waals surface area contributed by atoms with Gasteiger partial charge in [-0.2, -0.15) is 0 Å². The van der Waals surface area contributed by atoms with Crippen molar-refractivity contribution >= 4 is 39.3 Å². The Bertz CT molecular complexity index is 971. The van der Waals surface area contributed by atoms with Gasteiger partial charge in [-0.3, -0.25) is 4.72 Å². The van der Waals surface area contributed by atoms with Crippen LogP contribution in [-0.2, 0) is 19.5 Å². The van der Waals surface area contributed by atoms with Crippen LogP contribution < -0.4 is 4.72 Å². The van der Waals surface area contributed by atoms with E-state index in [9.17, 15) is 18.0 Å². The third kappa shape index (κ3) is 4.14. The number of nitrogens with one attached hydrogen (secondary N) is 1. The molecule has 138 valence electrons. The van der Waals surface area contributed by atoms with E-state index in [-0.39, 0.29) is 26.7 Å². The number of ether oxygens (including phenoxy) is 2. The number of halogens is 1. The molecule has 2 aromatic carbocycles. The number of benzene rings is 2. The van der Waals surface area contributed by atoms with Crippen molar-refractivity contribution in [1.29, 1.82) is 0 Å². The van der Waals surface area contributed by atoms with E-state index < -0.39 is 22.0 Å². The van der Waals surface area contributed by atoms with E-state index in [0.29, 0.717) is 5.56 Å². The maximum absolute atomic E-state index is 12.6. The quantitative estimate of drug-likeness (QED) is 0.778. The first-order valence-electron chi connectivity index (χ1n) is 7.29. The van der Waals surface area contributed by atoms with Gasteiger partial charge < -0.3 is 9.47 Å². The minimum atomic E-state index is -4.01. The van der Waals surface area contributed by atoms with Crippen molar-refractivity contribution in [3.05, 3.63) is 58.1 Å². The summed E-state index contributed by atoms with van der Waals surface area (Å²) in [7, 11) is -1.61. The molecular weight excluding hydrogens is 382 g/mol. The Morgan fingerprint density at radius 1 is 0.962 bits per heavy atom. The predicted molar refractivity (Wildman–Crippen MR) is 96.1 cm³/mol. The summed E-state index contributed by atoms with van der Waals surface area (Å²) >= 11 is 5.92. The van der Waals surface area contributed by atoms with Gasteiger partial charge >= 0.3 is 11.9 Å². The summed E-state index contributed by atoms with van der Waals surface area (Å²) in [5.41, 5.74) is 0.862. The lowest BCUT2D eigenvalue weighted by Crippen LogP contribution is -2.15. The van der Waals surface area contributed by atoms with Crippen molar-refractivity contribution in [2.45, 2.75) is 11.8 Å². The first kappa shape index (κ1) is 19.7. The summed E-state index contributed by atoms with van der Waals surface area (Å²) in [6.07, 6.45) is 0. The minimum absolute atomic E-state index is 0.0218. The highest BCUT2D eigenvalue weighted by atomic mass is 35.5. The fraction of sp³-hybridized carbons (Fsp3) is 0.176. The van der Waals surface area contributed by atoms with Gasteiger partial charge in [0.2, 0.25) is 0 Å². The Kier molecular flexibility index (Phi) is 5.89. The van der Waals surface area contributed by atoms with Crippen molar-refractivity contribution in [1.82, 2.24) is 0 Å². The number of hydrogen-bond donors (Lipinski definition) is 1. The molecule has 2 aromatic rings. The lowest BCUT2D eigenvalue weighted by atomic mass is 10.1. The second kappa shape index (κ2) is 7.76. The molecule has 0 spiro atoms. The average Bonchev–Trinajstić information content (AvgIpc) is 2.62. The molecule has 0 saturated carbocycles. The highest BCUT2D eigenvalue weighted by Gasteiger charge is 2.20. The Morgan fingerprint density at radius 2 is 1.58 bits per heavy atom. The molecular formula is C17H16ClNO6S. The maximum atomic E-state index is 12.6. The molecule has 9 heteroatoms. The average molecular weight is 398 g/mol. The first-order valence-corrected chi connectivity index (χ1v) is 9.15. The number of carbonyl (C=O) groups excluding carboxylic acids is 2. The number of esters is 2. The summed E-state index contributed by atoms with van der Waals surface area (Å²) in [6.45, 7) is 1.66. The summed E-state index contributed by atoms with van der Waals surface area (Å²) in [5, 5.41) is 0.128. The third-order valence-corrected chi connectivity index (χ3v) is 5.26. The zero-order valence-corrected chi connectivity index (χ0v) is 15.8. The number of anilines is 1. The van der Waals surface area contributed by atoms with Crippen molar-refractivity contribution < 1.29 is 27.5 Å². The summed E-state index contributed by atoms with van der Waals surface area (Å²) in [4.78, 5) is 23.3. The Hall–Kier alpha value is -2.58. The molecule has 0 aliphatic heterocycles. The maximum Gasteiger partial charge on any atom is 0.339 e. The number of hydrogen-bond acceptors (Lipinski definition) is 6. The fourth-order valence-electron chi connectivity index (χ4n) is 2.17. The van der Waals surface area contributed by atoms with Crippen LogP contribution in [0.5, 0.6) is 0 Å². The van der Waals surface area contributed by atoms with Crippen LogP contribution in [0.3, 0.4) is 0 Å². The molecule has 0 saturated heterocycles. The van der Waals surface area contributed by atoms with Crippen LogP contribution in [0, 0.1) is 6.92 Å². The lowest BCUT2D eigenvalue weighted by Gasteiger charge is -2.12. The molecule has 26 heavy (non-hydrogen) atoms. The second-order valence-electron chi connectivity index (χ2n) is 5.26. The molecule has 1 N–H and O–H groups in total. The predicted octanol–water partition coefficient (Wildman–Crippen LogP) is 3.02. The summed E-state index contributed by atoms with van der Waals surface area (Å²) in [6, 6.07) is 8.13. The Labute approximate surface area is 155 Å². The Balaban J connectivity index is 2.41. The SMILES string of the molecule is COC(=O)c1cc(S(=O)(=O)Nc2ccc(Cl)c(C(=O)OC)c2)ccc1C. The zero-order valence-electron chi connectivity index (χ0n) is 14.2. The van der Waals surface area contributed by atoms with Crippen LogP contribution in [-0.4, -0.2) is 34.6 Å². The van der Waals surface area contributed by atoms with Crippen LogP contribution in [0.2, 0.25) is 5.02 Å². The standard InChI is InChI=1S/C17H16ClNO6S/c1-10-4-6-12(9-13(10)16(20)24-2)26(22,23)19-11-5-7-15(18)14(8-11)17(21)25-3/h4-9,19H,1-3H3. The molecule has 0 aliphatic carbocycles. The summed E-state index contributed by atoms with van der Waals surface area (Å²) < 4.78 is 36.8. The van der Waals surface area contributed by atoms with E-state index in [1.165, 1.54) is 50.6 Å². The number of sulfonamides is 1. The monoisotopic (exact) mass is 397 g/mol. The molecule has 0 radical (unpaired) electrons. The van der Waals surface area contributed by atoms with Crippen LogP contribution >= 0.6 is 11.6 Å². The molecule has 0 aromatic heterocycles. The summed E-state index contributed by atoms with van der Waals surface area (Å²) in [5.74, 6) is -1.33. The van der Waals surface area contributed by atoms with Gasteiger partial charge in [0.05, 0.1) is 35.3 Å². The van der Waals surface area contributed by atoms with Crippen LogP contribution in [0.1, 0.15) is 26.3 Å². The van der Waals surface area contributed by atoms with Crippen molar-refractivity contribution in [2.24, 2.45) is 0 Å². The van der Waals surface area contributed by atoms with E-state index in [0.717, 1.165) is 0 Å². The lowest BCUT2D eigenvalue weighted by molar-refractivity contribution is 0.0591. The van der Waals surface area contributed by atoms with Gasteiger partial charge in [0.1, 0.15) is 0 Å². The fourth-order valence-corrected chi connectivity index (χ4v) is 3.44. The normalized spacial score (nSPS) is 10.9. The molecule has 0 amide bonds. The van der Waals surface area contributed by atoms with E-state index in [4.69, 9.17) is 11.6 Å². The molecule has 0 atom stereocenters. The first-order chi connectivity index (χ1) is 12.2.